The van der Waals surface area contributed by atoms with Crippen molar-refractivity contribution in [2.45, 2.75) is 25.8 Å². The van der Waals surface area contributed by atoms with Crippen LogP contribution in [0, 0.1) is 5.82 Å². The fourth-order valence-electron chi connectivity index (χ4n) is 1.79. The summed E-state index contributed by atoms with van der Waals surface area (Å²) in [6, 6.07) is 1.27. The van der Waals surface area contributed by atoms with Crippen molar-refractivity contribution in [3.05, 3.63) is 46.7 Å². The molecule has 1 rings (SSSR count). The molecule has 1 aromatic rings. The van der Waals surface area contributed by atoms with Gasteiger partial charge in [-0.15, -0.1) is 6.58 Å². The highest BCUT2D eigenvalue weighted by atomic mass is 19.1. The highest BCUT2D eigenvalue weighted by molar-refractivity contribution is 5.13. The van der Waals surface area contributed by atoms with Gasteiger partial charge >= 0.3 is 0 Å². The minimum Gasteiger partial charge on any atom is -0.310 e. The lowest BCUT2D eigenvalue weighted by Crippen LogP contribution is -2.26. The van der Waals surface area contributed by atoms with Crippen LogP contribution in [-0.2, 0) is 6.42 Å². The summed E-state index contributed by atoms with van der Waals surface area (Å²) < 4.78 is 15.1. The molecule has 0 aliphatic heterocycles. The fourth-order valence-corrected chi connectivity index (χ4v) is 1.79. The van der Waals surface area contributed by atoms with E-state index in [4.69, 9.17) is 0 Å². The van der Waals surface area contributed by atoms with E-state index in [1.807, 2.05) is 25.9 Å². The summed E-state index contributed by atoms with van der Waals surface area (Å²) in [4.78, 5) is 13.7. The van der Waals surface area contributed by atoms with Crippen molar-refractivity contribution in [3.63, 3.8) is 0 Å². The van der Waals surface area contributed by atoms with Crippen molar-refractivity contribution in [1.29, 1.82) is 0 Å². The third-order valence-corrected chi connectivity index (χ3v) is 2.89. The molecule has 1 heterocycles. The Kier molecular flexibility index (Phi) is 5.28. The first-order valence-electron chi connectivity index (χ1n) is 6.12. The lowest BCUT2D eigenvalue weighted by Gasteiger charge is -2.16. The summed E-state index contributed by atoms with van der Waals surface area (Å²) in [5.41, 5.74) is 0.287. The minimum atomic E-state index is -0.679. The molecule has 0 unspecified atom stereocenters. The second-order valence-corrected chi connectivity index (χ2v) is 4.84. The predicted octanol–water partition coefficient (Wildman–Crippen LogP) is 2.23. The molecule has 18 heavy (non-hydrogen) atoms. The Hall–Kier alpha value is -1.42. The SMILES string of the molecule is C=CC[C@H](C)n1cc(CCN(C)C)cc(F)c1=O. The molecule has 0 radical (unpaired) electrons. The Morgan fingerprint density at radius 2 is 2.22 bits per heavy atom. The summed E-state index contributed by atoms with van der Waals surface area (Å²) in [7, 11) is 3.93. The third-order valence-electron chi connectivity index (χ3n) is 2.89. The van der Waals surface area contributed by atoms with E-state index in [1.54, 1.807) is 12.3 Å². The van der Waals surface area contributed by atoms with E-state index in [0.29, 0.717) is 6.42 Å². The van der Waals surface area contributed by atoms with Crippen molar-refractivity contribution in [2.75, 3.05) is 20.6 Å². The smallest absolute Gasteiger partial charge is 0.286 e. The van der Waals surface area contributed by atoms with Crippen LogP contribution in [0.2, 0.25) is 0 Å². The van der Waals surface area contributed by atoms with Gasteiger partial charge in [-0.25, -0.2) is 4.39 Å². The Bertz CT molecular complexity index is 465. The van der Waals surface area contributed by atoms with Crippen molar-refractivity contribution >= 4 is 0 Å². The summed E-state index contributed by atoms with van der Waals surface area (Å²) in [5, 5.41) is 0. The van der Waals surface area contributed by atoms with Gasteiger partial charge in [0, 0.05) is 18.8 Å². The lowest BCUT2D eigenvalue weighted by molar-refractivity contribution is 0.411. The average molecular weight is 252 g/mol. The zero-order valence-electron chi connectivity index (χ0n) is 11.3. The summed E-state index contributed by atoms with van der Waals surface area (Å²) in [5.74, 6) is -0.679. The van der Waals surface area contributed by atoms with E-state index >= 15 is 0 Å². The maximum Gasteiger partial charge on any atom is 0.286 e. The summed E-state index contributed by atoms with van der Waals surface area (Å²) in [6.07, 6.45) is 4.87. The molecule has 0 aliphatic rings. The number of rotatable bonds is 6. The highest BCUT2D eigenvalue weighted by Gasteiger charge is 2.11. The van der Waals surface area contributed by atoms with Gasteiger partial charge in [-0.1, -0.05) is 6.08 Å². The summed E-state index contributed by atoms with van der Waals surface area (Å²) in [6.45, 7) is 6.36. The lowest BCUT2D eigenvalue weighted by atomic mass is 10.1. The molecule has 0 aliphatic carbocycles. The van der Waals surface area contributed by atoms with Gasteiger partial charge in [0.05, 0.1) is 0 Å². The van der Waals surface area contributed by atoms with Crippen LogP contribution in [0.3, 0.4) is 0 Å². The molecule has 3 nitrogen and oxygen atoms in total. The van der Waals surface area contributed by atoms with E-state index in [0.717, 1.165) is 18.5 Å². The van der Waals surface area contributed by atoms with Crippen LogP contribution in [0.1, 0.15) is 24.9 Å². The average Bonchev–Trinajstić information content (AvgIpc) is 2.30. The number of allylic oxidation sites excluding steroid dienone is 1. The van der Waals surface area contributed by atoms with E-state index in [2.05, 4.69) is 6.58 Å². The Morgan fingerprint density at radius 3 is 2.78 bits per heavy atom. The van der Waals surface area contributed by atoms with E-state index in [1.165, 1.54) is 10.6 Å². The second kappa shape index (κ2) is 6.50. The number of halogens is 1. The molecule has 0 spiro atoms. The topological polar surface area (TPSA) is 25.2 Å². The van der Waals surface area contributed by atoms with Crippen molar-refractivity contribution in [2.24, 2.45) is 0 Å². The van der Waals surface area contributed by atoms with Crippen LogP contribution < -0.4 is 5.56 Å². The number of aromatic nitrogens is 1. The van der Waals surface area contributed by atoms with Crippen LogP contribution in [0.15, 0.2) is 29.7 Å². The van der Waals surface area contributed by atoms with Gasteiger partial charge in [0.1, 0.15) is 0 Å². The zero-order valence-corrected chi connectivity index (χ0v) is 11.3. The molecular formula is C14H21FN2O. The minimum absolute atomic E-state index is 0.0659. The number of nitrogens with zero attached hydrogens (tertiary/aromatic N) is 2. The molecule has 0 saturated heterocycles. The molecule has 0 fully saturated rings. The van der Waals surface area contributed by atoms with Crippen LogP contribution in [0.5, 0.6) is 0 Å². The molecule has 100 valence electrons. The predicted molar refractivity (Wildman–Crippen MR) is 72.4 cm³/mol. The van der Waals surface area contributed by atoms with Crippen molar-refractivity contribution < 1.29 is 4.39 Å². The van der Waals surface area contributed by atoms with E-state index in [-0.39, 0.29) is 6.04 Å². The van der Waals surface area contributed by atoms with Gasteiger partial charge in [-0.05, 0) is 45.5 Å². The van der Waals surface area contributed by atoms with Gasteiger partial charge in [0.25, 0.3) is 5.56 Å². The molecule has 0 amide bonds. The normalized spacial score (nSPS) is 12.7. The van der Waals surface area contributed by atoms with Gasteiger partial charge in [-0.2, -0.15) is 0 Å². The second-order valence-electron chi connectivity index (χ2n) is 4.84. The first-order valence-corrected chi connectivity index (χ1v) is 6.12. The third kappa shape index (κ3) is 3.81. The number of likely N-dealkylation sites (N-methyl/N-ethyl adjacent to an activating group) is 1. The highest BCUT2D eigenvalue weighted by Crippen LogP contribution is 2.11. The molecule has 0 bridgehead atoms. The largest absolute Gasteiger partial charge is 0.310 e. The number of hydrogen-bond donors (Lipinski definition) is 0. The zero-order chi connectivity index (χ0) is 13.7. The van der Waals surface area contributed by atoms with E-state index < -0.39 is 11.4 Å². The standard InChI is InChI=1S/C14H21FN2O/c1-5-6-11(2)17-10-12(7-8-16(3)4)9-13(15)14(17)18/h5,9-11H,1,6-8H2,2-4H3/t11-/m0/s1. The first-order chi connectivity index (χ1) is 8.45. The Morgan fingerprint density at radius 1 is 1.56 bits per heavy atom. The van der Waals surface area contributed by atoms with Gasteiger partial charge in [0.2, 0.25) is 0 Å². The van der Waals surface area contributed by atoms with Crippen LogP contribution in [0.4, 0.5) is 4.39 Å². The van der Waals surface area contributed by atoms with Crippen LogP contribution in [-0.4, -0.2) is 30.1 Å². The quantitative estimate of drug-likeness (QED) is 0.725. The molecule has 0 N–H and O–H groups in total. The summed E-state index contributed by atoms with van der Waals surface area (Å²) >= 11 is 0. The molecule has 4 heteroatoms. The fraction of sp³-hybridized carbons (Fsp3) is 0.500. The van der Waals surface area contributed by atoms with Gasteiger partial charge in [0.15, 0.2) is 5.82 Å². The molecule has 0 aromatic carbocycles. The maximum absolute atomic E-state index is 13.6. The monoisotopic (exact) mass is 252 g/mol. The molecule has 0 saturated carbocycles. The number of hydrogen-bond acceptors (Lipinski definition) is 2. The van der Waals surface area contributed by atoms with Crippen LogP contribution in [0.25, 0.3) is 0 Å². The van der Waals surface area contributed by atoms with Crippen LogP contribution >= 0.6 is 0 Å². The maximum atomic E-state index is 13.6. The van der Waals surface area contributed by atoms with Crippen molar-refractivity contribution in [1.82, 2.24) is 9.47 Å². The Balaban J connectivity index is 3.02. The first kappa shape index (κ1) is 14.6. The van der Waals surface area contributed by atoms with Gasteiger partial charge < -0.3 is 9.47 Å². The van der Waals surface area contributed by atoms with E-state index in [9.17, 15) is 9.18 Å². The van der Waals surface area contributed by atoms with Crippen molar-refractivity contribution in [3.8, 4) is 0 Å². The Labute approximate surface area is 108 Å². The molecular weight excluding hydrogens is 231 g/mol. The molecule has 1 atom stereocenters. The number of pyridine rings is 1. The molecule has 1 aromatic heterocycles. The van der Waals surface area contributed by atoms with Gasteiger partial charge in [-0.3, -0.25) is 4.79 Å².